The van der Waals surface area contributed by atoms with Crippen LogP contribution in [0.3, 0.4) is 0 Å². The Morgan fingerprint density at radius 1 is 1.10 bits per heavy atom. The summed E-state index contributed by atoms with van der Waals surface area (Å²) in [6.45, 7) is 4.72. The molecule has 3 aromatic rings. The van der Waals surface area contributed by atoms with Gasteiger partial charge < -0.3 is 29.4 Å². The summed E-state index contributed by atoms with van der Waals surface area (Å²) in [7, 11) is 3.37. The predicted octanol–water partition coefficient (Wildman–Crippen LogP) is 5.25. The van der Waals surface area contributed by atoms with Crippen LogP contribution in [0, 0.1) is 25.2 Å². The number of nitriles is 1. The molecule has 2 N–H and O–H groups in total. The minimum atomic E-state index is -4.56. The van der Waals surface area contributed by atoms with E-state index in [1.807, 2.05) is 24.9 Å². The fourth-order valence-electron chi connectivity index (χ4n) is 8.29. The minimum absolute atomic E-state index is 0.0179. The first-order chi connectivity index (χ1) is 24.2. The number of amides is 1. The van der Waals surface area contributed by atoms with Gasteiger partial charge in [-0.05, 0) is 68.6 Å². The lowest BCUT2D eigenvalue weighted by Crippen LogP contribution is -2.69. The Bertz CT molecular complexity index is 2040. The van der Waals surface area contributed by atoms with E-state index in [0.29, 0.717) is 45.9 Å². The first-order valence-electron chi connectivity index (χ1n) is 16.3. The van der Waals surface area contributed by atoms with Crippen LogP contribution >= 0.6 is 0 Å². The van der Waals surface area contributed by atoms with Gasteiger partial charge in [0, 0.05) is 47.3 Å². The molecular formula is C37H35F3N4O7. The highest BCUT2D eigenvalue weighted by molar-refractivity contribution is 5.92. The van der Waals surface area contributed by atoms with Gasteiger partial charge in [-0.1, -0.05) is 18.2 Å². The van der Waals surface area contributed by atoms with Gasteiger partial charge in [-0.2, -0.15) is 18.4 Å². The second-order valence-electron chi connectivity index (χ2n) is 13.2. The molecule has 5 atom stereocenters. The third kappa shape index (κ3) is 5.51. The fraction of sp³-hybridized carbons (Fsp3) is 0.378. The average molecular weight is 705 g/mol. The molecule has 0 aromatic heterocycles. The molecule has 266 valence electrons. The molecule has 0 radical (unpaired) electrons. The maximum absolute atomic E-state index is 13.8. The topological polar surface area (TPSA) is 134 Å². The summed E-state index contributed by atoms with van der Waals surface area (Å²) in [6.07, 6.45) is -2.58. The third-order valence-corrected chi connectivity index (χ3v) is 10.3. The Morgan fingerprint density at radius 2 is 1.84 bits per heavy atom. The Labute approximate surface area is 291 Å². The molecule has 1 fully saturated rings. The lowest BCUT2D eigenvalue weighted by atomic mass is 9.72. The summed E-state index contributed by atoms with van der Waals surface area (Å²) in [6, 6.07) is 6.77. The first-order valence-corrected chi connectivity index (χ1v) is 16.3. The van der Waals surface area contributed by atoms with Crippen molar-refractivity contribution < 1.29 is 46.8 Å². The van der Waals surface area contributed by atoms with E-state index in [1.165, 1.54) is 32.2 Å². The number of likely N-dealkylation sites (N-methyl/N-ethyl adjacent to an activating group) is 1. The zero-order valence-electron chi connectivity index (χ0n) is 28.4. The maximum atomic E-state index is 13.8. The van der Waals surface area contributed by atoms with Crippen molar-refractivity contribution in [1.29, 1.82) is 5.26 Å². The number of benzene rings is 3. The second kappa shape index (κ2) is 12.5. The summed E-state index contributed by atoms with van der Waals surface area (Å²) < 4.78 is 63.4. The Kier molecular flexibility index (Phi) is 8.38. The van der Waals surface area contributed by atoms with Crippen LogP contribution in [0.25, 0.3) is 6.08 Å². The Hall–Kier alpha value is -5.26. The molecule has 7 rings (SSSR count). The number of carbonyl (C=O) groups excluding carboxylic acids is 2. The summed E-state index contributed by atoms with van der Waals surface area (Å²) in [5.74, 6) is -0.0417. The van der Waals surface area contributed by atoms with E-state index < -0.39 is 47.9 Å². The molecule has 51 heavy (non-hydrogen) atoms. The maximum Gasteiger partial charge on any atom is 0.416 e. The molecule has 1 amide bonds. The van der Waals surface area contributed by atoms with Crippen LogP contribution in [0.4, 0.5) is 13.2 Å². The minimum Gasteiger partial charge on any atom is -0.504 e. The normalized spacial score (nSPS) is 23.5. The van der Waals surface area contributed by atoms with Crippen molar-refractivity contribution in [3.63, 3.8) is 0 Å². The molecule has 14 heteroatoms. The monoisotopic (exact) mass is 704 g/mol. The molecule has 0 aliphatic carbocycles. The van der Waals surface area contributed by atoms with Crippen LogP contribution in [0.15, 0.2) is 36.4 Å². The lowest BCUT2D eigenvalue weighted by molar-refractivity contribution is -0.137. The van der Waals surface area contributed by atoms with Crippen molar-refractivity contribution >= 4 is 18.0 Å². The number of esters is 1. The SMILES string of the molecule is COc1c(C)cc2c(c1O)[C@@H]1C3Cc4c(OC(C)=O)c(C)c5c(c4[C@H](NC(=O)/C=C/c4cccc(C(F)(F)F)c4)N3[C@@H](C#N)[C@H](C2)N1C)OCO5. The van der Waals surface area contributed by atoms with E-state index >= 15 is 0 Å². The highest BCUT2D eigenvalue weighted by Crippen LogP contribution is 2.58. The van der Waals surface area contributed by atoms with Crippen molar-refractivity contribution in [1.82, 2.24) is 15.1 Å². The van der Waals surface area contributed by atoms with Crippen molar-refractivity contribution in [2.24, 2.45) is 0 Å². The number of fused-ring (bicyclic) bond motifs is 9. The van der Waals surface area contributed by atoms with Crippen molar-refractivity contribution in [2.45, 2.75) is 70.1 Å². The number of nitrogens with zero attached hydrogens (tertiary/aromatic N) is 3. The van der Waals surface area contributed by atoms with Gasteiger partial charge in [0.2, 0.25) is 12.7 Å². The molecule has 11 nitrogen and oxygen atoms in total. The molecule has 4 aliphatic rings. The van der Waals surface area contributed by atoms with E-state index in [9.17, 15) is 33.1 Å². The first kappa shape index (κ1) is 34.2. The third-order valence-electron chi connectivity index (χ3n) is 10.3. The van der Waals surface area contributed by atoms with E-state index in [-0.39, 0.29) is 36.3 Å². The number of alkyl halides is 3. The van der Waals surface area contributed by atoms with Crippen molar-refractivity contribution in [2.75, 3.05) is 21.0 Å². The zero-order valence-corrected chi connectivity index (χ0v) is 28.4. The zero-order chi connectivity index (χ0) is 36.5. The molecule has 4 heterocycles. The summed E-state index contributed by atoms with van der Waals surface area (Å²) in [5.41, 5.74) is 3.06. The number of hydrogen-bond donors (Lipinski definition) is 2. The number of aryl methyl sites for hydroxylation is 1. The van der Waals surface area contributed by atoms with Gasteiger partial charge in [0.1, 0.15) is 18.0 Å². The number of methoxy groups -OCH3 is 1. The molecule has 4 aliphatic heterocycles. The number of piperazine rings is 1. The molecule has 0 spiro atoms. The van der Waals surface area contributed by atoms with E-state index in [0.717, 1.165) is 29.3 Å². The summed E-state index contributed by atoms with van der Waals surface area (Å²) >= 11 is 0. The van der Waals surface area contributed by atoms with Gasteiger partial charge in [-0.25, -0.2) is 0 Å². The quantitative estimate of drug-likeness (QED) is 0.206. The molecule has 1 saturated heterocycles. The number of phenols is 1. The van der Waals surface area contributed by atoms with E-state index in [2.05, 4.69) is 16.3 Å². The lowest BCUT2D eigenvalue weighted by Gasteiger charge is -2.59. The van der Waals surface area contributed by atoms with Crippen LogP contribution in [0.2, 0.25) is 0 Å². The van der Waals surface area contributed by atoms with Gasteiger partial charge >= 0.3 is 12.1 Å². The summed E-state index contributed by atoms with van der Waals surface area (Å²) in [4.78, 5) is 30.3. The predicted molar refractivity (Wildman–Crippen MR) is 176 cm³/mol. The van der Waals surface area contributed by atoms with E-state index in [1.54, 1.807) is 6.92 Å². The van der Waals surface area contributed by atoms with Crippen LogP contribution in [0.5, 0.6) is 28.7 Å². The highest BCUT2D eigenvalue weighted by Gasteiger charge is 2.57. The summed E-state index contributed by atoms with van der Waals surface area (Å²) in [5, 5.41) is 25.5. The number of nitrogens with one attached hydrogen (secondary N) is 1. The van der Waals surface area contributed by atoms with Crippen molar-refractivity contribution in [3.05, 3.63) is 80.9 Å². The van der Waals surface area contributed by atoms with Crippen LogP contribution in [-0.2, 0) is 28.6 Å². The molecule has 1 unspecified atom stereocenters. The Balaban J connectivity index is 1.40. The van der Waals surface area contributed by atoms with Crippen LogP contribution < -0.4 is 24.3 Å². The van der Waals surface area contributed by atoms with Crippen LogP contribution in [-0.4, -0.2) is 65.9 Å². The average Bonchev–Trinajstić information content (AvgIpc) is 3.56. The number of ether oxygens (including phenoxy) is 4. The fourth-order valence-corrected chi connectivity index (χ4v) is 8.29. The molecule has 3 aromatic carbocycles. The second-order valence-corrected chi connectivity index (χ2v) is 13.2. The molecule has 2 bridgehead atoms. The van der Waals surface area contributed by atoms with Crippen molar-refractivity contribution in [3.8, 4) is 34.8 Å². The Morgan fingerprint density at radius 3 is 2.53 bits per heavy atom. The van der Waals surface area contributed by atoms with Gasteiger partial charge in [-0.15, -0.1) is 0 Å². The van der Waals surface area contributed by atoms with Gasteiger partial charge in [-0.3, -0.25) is 19.4 Å². The number of phenolic OH excluding ortho intramolecular Hbond substituents is 1. The van der Waals surface area contributed by atoms with Crippen LogP contribution in [0.1, 0.15) is 63.6 Å². The van der Waals surface area contributed by atoms with Gasteiger partial charge in [0.15, 0.2) is 23.0 Å². The number of carbonyl (C=O) groups is 2. The largest absolute Gasteiger partial charge is 0.504 e. The number of halogens is 3. The highest BCUT2D eigenvalue weighted by atomic mass is 19.4. The molecule has 0 saturated carbocycles. The standard InChI is InChI=1S/C37H35F3N4O7/c1-17-11-21-13-24-26(15-41)44-25(30(43(24)4)28(21)31(47)32(17)48-5)14-23-29(35-34(49-16-50-35)18(2)33(23)51-19(3)45)36(44)42-27(46)10-9-20-7-6-8-22(12-20)37(38,39)40/h6-12,24-26,30,36,47H,13-14,16H2,1-5H3,(H,42,46)/b10-9+/t24-,25?,26-,30-,36+/m0/s1. The van der Waals surface area contributed by atoms with Gasteiger partial charge in [0.25, 0.3) is 0 Å². The smallest absolute Gasteiger partial charge is 0.416 e. The number of hydrogen-bond acceptors (Lipinski definition) is 10. The molecular weight excluding hydrogens is 669 g/mol. The number of aromatic hydroxyl groups is 1. The van der Waals surface area contributed by atoms with E-state index in [4.69, 9.17) is 18.9 Å². The van der Waals surface area contributed by atoms with Gasteiger partial charge in [0.05, 0.1) is 24.8 Å². The number of rotatable bonds is 5.